The van der Waals surface area contributed by atoms with Gasteiger partial charge in [0, 0.05) is 41.2 Å². The highest BCUT2D eigenvalue weighted by Gasteiger charge is 2.43. The molecule has 1 aromatic carbocycles. The van der Waals surface area contributed by atoms with E-state index in [4.69, 9.17) is 10.7 Å². The number of urea groups is 1. The molecule has 6 rings (SSSR count). The minimum Gasteiger partial charge on any atom is -0.384 e. The van der Waals surface area contributed by atoms with Gasteiger partial charge in [0.15, 0.2) is 5.65 Å². The SMILES string of the molecule is Nc1cc([C@H]2CCC3C(=O)NC(=O)N3C2)nc2c(-c3cnc4ccccc4c3)cnn12. The van der Waals surface area contributed by atoms with Crippen molar-refractivity contribution in [1.82, 2.24) is 29.8 Å². The summed E-state index contributed by atoms with van der Waals surface area (Å²) in [7, 11) is 0. The highest BCUT2D eigenvalue weighted by atomic mass is 16.2. The van der Waals surface area contributed by atoms with Crippen molar-refractivity contribution in [2.24, 2.45) is 0 Å². The molecule has 31 heavy (non-hydrogen) atoms. The number of amides is 3. The van der Waals surface area contributed by atoms with Crippen LogP contribution in [0, 0.1) is 0 Å². The molecule has 154 valence electrons. The number of anilines is 1. The van der Waals surface area contributed by atoms with Crippen molar-refractivity contribution < 1.29 is 9.59 Å². The molecule has 3 aromatic heterocycles. The first-order valence-electron chi connectivity index (χ1n) is 10.2. The molecule has 2 fully saturated rings. The van der Waals surface area contributed by atoms with Crippen molar-refractivity contribution >= 4 is 34.3 Å². The van der Waals surface area contributed by atoms with E-state index >= 15 is 0 Å². The molecule has 3 amide bonds. The van der Waals surface area contributed by atoms with Gasteiger partial charge in [-0.2, -0.15) is 9.61 Å². The predicted molar refractivity (Wildman–Crippen MR) is 114 cm³/mol. The smallest absolute Gasteiger partial charge is 0.324 e. The van der Waals surface area contributed by atoms with Gasteiger partial charge in [-0.3, -0.25) is 15.1 Å². The summed E-state index contributed by atoms with van der Waals surface area (Å²) >= 11 is 0. The second-order valence-corrected chi connectivity index (χ2v) is 8.05. The molecule has 2 saturated heterocycles. The molecular formula is C22H19N7O2. The molecule has 2 atom stereocenters. The van der Waals surface area contributed by atoms with Gasteiger partial charge in [-0.1, -0.05) is 18.2 Å². The second-order valence-electron chi connectivity index (χ2n) is 8.05. The van der Waals surface area contributed by atoms with Gasteiger partial charge in [0.05, 0.1) is 17.4 Å². The molecule has 3 N–H and O–H groups in total. The molecule has 2 aliphatic rings. The number of hydrogen-bond acceptors (Lipinski definition) is 6. The Morgan fingerprint density at radius 3 is 2.87 bits per heavy atom. The molecule has 2 aliphatic heterocycles. The van der Waals surface area contributed by atoms with E-state index in [1.807, 2.05) is 36.5 Å². The van der Waals surface area contributed by atoms with Crippen LogP contribution in [-0.4, -0.2) is 49.0 Å². The van der Waals surface area contributed by atoms with Crippen LogP contribution in [-0.2, 0) is 4.79 Å². The van der Waals surface area contributed by atoms with Crippen LogP contribution in [0.3, 0.4) is 0 Å². The Hall–Kier alpha value is -4.01. The number of rotatable bonds is 2. The minimum absolute atomic E-state index is 0.00215. The van der Waals surface area contributed by atoms with E-state index in [9.17, 15) is 9.59 Å². The molecule has 5 heterocycles. The Bertz CT molecular complexity index is 1380. The van der Waals surface area contributed by atoms with Gasteiger partial charge in [0.2, 0.25) is 0 Å². The first-order chi connectivity index (χ1) is 15.1. The number of para-hydroxylation sites is 1. The number of nitrogens with one attached hydrogen (secondary N) is 1. The first kappa shape index (κ1) is 17.8. The molecule has 1 unspecified atom stereocenters. The zero-order valence-corrected chi connectivity index (χ0v) is 16.5. The van der Waals surface area contributed by atoms with Gasteiger partial charge < -0.3 is 10.6 Å². The van der Waals surface area contributed by atoms with E-state index in [-0.39, 0.29) is 23.9 Å². The number of nitrogens with zero attached hydrogens (tertiary/aromatic N) is 5. The number of aromatic nitrogens is 4. The monoisotopic (exact) mass is 413 g/mol. The summed E-state index contributed by atoms with van der Waals surface area (Å²) in [6, 6.07) is 11.1. The molecule has 0 radical (unpaired) electrons. The number of carbonyl (C=O) groups is 2. The maximum absolute atomic E-state index is 12.1. The van der Waals surface area contributed by atoms with Crippen LogP contribution in [0.1, 0.15) is 24.5 Å². The van der Waals surface area contributed by atoms with Crippen LogP contribution >= 0.6 is 0 Å². The predicted octanol–water partition coefficient (Wildman–Crippen LogP) is 2.32. The third kappa shape index (κ3) is 2.73. The number of fused-ring (bicyclic) bond motifs is 3. The van der Waals surface area contributed by atoms with Crippen molar-refractivity contribution in [1.29, 1.82) is 0 Å². The Morgan fingerprint density at radius 1 is 1.10 bits per heavy atom. The number of benzene rings is 1. The summed E-state index contributed by atoms with van der Waals surface area (Å²) in [5.74, 6) is 0.259. The topological polar surface area (TPSA) is 119 Å². The van der Waals surface area contributed by atoms with Crippen molar-refractivity contribution in [3.8, 4) is 11.1 Å². The maximum atomic E-state index is 12.1. The number of piperidine rings is 1. The lowest BCUT2D eigenvalue weighted by Gasteiger charge is -2.32. The fraction of sp³-hybridized carbons (Fsp3) is 0.227. The first-order valence-corrected chi connectivity index (χ1v) is 10.2. The van der Waals surface area contributed by atoms with Crippen molar-refractivity contribution in [3.63, 3.8) is 0 Å². The summed E-state index contributed by atoms with van der Waals surface area (Å²) < 4.78 is 1.62. The average Bonchev–Trinajstić information content (AvgIpc) is 3.34. The number of pyridine rings is 1. The van der Waals surface area contributed by atoms with E-state index in [1.54, 1.807) is 15.6 Å². The summed E-state index contributed by atoms with van der Waals surface area (Å²) in [5.41, 5.74) is 10.4. The van der Waals surface area contributed by atoms with Crippen molar-refractivity contribution in [2.45, 2.75) is 24.8 Å². The fourth-order valence-corrected chi connectivity index (χ4v) is 4.61. The standard InChI is InChI=1S/C22H19N7O2/c23-19-8-17(13-5-6-18-21(30)27-22(31)28(18)11-13)26-20-15(10-25-29(19)20)14-7-12-3-1-2-4-16(12)24-9-14/h1-4,7-10,13,18H,5-6,11,23H2,(H,27,30,31)/t13-,18?/m0/s1. The Morgan fingerprint density at radius 2 is 1.97 bits per heavy atom. The van der Waals surface area contributed by atoms with E-state index in [1.165, 1.54) is 0 Å². The summed E-state index contributed by atoms with van der Waals surface area (Å²) in [5, 5.41) is 7.85. The third-order valence-electron chi connectivity index (χ3n) is 6.21. The van der Waals surface area contributed by atoms with Crippen LogP contribution < -0.4 is 11.1 Å². The summed E-state index contributed by atoms with van der Waals surface area (Å²) in [6.45, 7) is 0.436. The van der Waals surface area contributed by atoms with Crippen molar-refractivity contribution in [2.75, 3.05) is 12.3 Å². The lowest BCUT2D eigenvalue weighted by Crippen LogP contribution is -2.42. The molecule has 0 bridgehead atoms. The van der Waals surface area contributed by atoms with E-state index in [0.717, 1.165) is 34.1 Å². The maximum Gasteiger partial charge on any atom is 0.324 e. The Kier molecular flexibility index (Phi) is 3.73. The Balaban J connectivity index is 1.41. The average molecular weight is 413 g/mol. The minimum atomic E-state index is -0.376. The van der Waals surface area contributed by atoms with Gasteiger partial charge in [-0.25, -0.2) is 9.78 Å². The summed E-state index contributed by atoms with van der Waals surface area (Å²) in [4.78, 5) is 35.1. The molecule has 0 saturated carbocycles. The van der Waals surface area contributed by atoms with Gasteiger partial charge in [-0.05, 0) is 25.0 Å². The molecule has 9 heteroatoms. The lowest BCUT2D eigenvalue weighted by atomic mass is 9.90. The fourth-order valence-electron chi connectivity index (χ4n) is 4.61. The number of hydrogen-bond donors (Lipinski definition) is 2. The van der Waals surface area contributed by atoms with Crippen LogP contribution in [0.25, 0.3) is 27.7 Å². The number of imide groups is 1. The lowest BCUT2D eigenvalue weighted by molar-refractivity contribution is -0.122. The zero-order valence-electron chi connectivity index (χ0n) is 16.5. The van der Waals surface area contributed by atoms with Gasteiger partial charge in [0.25, 0.3) is 5.91 Å². The van der Waals surface area contributed by atoms with Crippen LogP contribution in [0.5, 0.6) is 0 Å². The molecule has 0 spiro atoms. The van der Waals surface area contributed by atoms with Crippen LogP contribution in [0.2, 0.25) is 0 Å². The van der Waals surface area contributed by atoms with E-state index in [0.29, 0.717) is 24.4 Å². The molecule has 4 aromatic rings. The largest absolute Gasteiger partial charge is 0.384 e. The quantitative estimate of drug-likeness (QED) is 0.487. The second kappa shape index (κ2) is 6.49. The highest BCUT2D eigenvalue weighted by Crippen LogP contribution is 2.34. The van der Waals surface area contributed by atoms with Gasteiger partial charge in [0.1, 0.15) is 11.9 Å². The normalized spacial score (nSPS) is 21.0. The molecular weight excluding hydrogens is 394 g/mol. The number of nitrogen functional groups attached to an aromatic ring is 1. The van der Waals surface area contributed by atoms with Crippen LogP contribution in [0.15, 0.2) is 48.8 Å². The molecule has 0 aliphatic carbocycles. The van der Waals surface area contributed by atoms with Crippen molar-refractivity contribution in [3.05, 3.63) is 54.5 Å². The zero-order chi connectivity index (χ0) is 21.1. The Labute approximate surface area is 176 Å². The van der Waals surface area contributed by atoms with Crippen LogP contribution in [0.4, 0.5) is 10.6 Å². The van der Waals surface area contributed by atoms with E-state index < -0.39 is 0 Å². The molecule has 9 nitrogen and oxygen atoms in total. The summed E-state index contributed by atoms with van der Waals surface area (Å²) in [6.07, 6.45) is 4.92. The number of nitrogens with two attached hydrogens (primary N) is 1. The van der Waals surface area contributed by atoms with E-state index in [2.05, 4.69) is 21.5 Å². The highest BCUT2D eigenvalue weighted by molar-refractivity contribution is 6.04. The number of carbonyl (C=O) groups excluding carboxylic acids is 2. The van der Waals surface area contributed by atoms with Gasteiger partial charge in [-0.15, -0.1) is 0 Å². The van der Waals surface area contributed by atoms with Gasteiger partial charge >= 0.3 is 6.03 Å². The third-order valence-corrected chi connectivity index (χ3v) is 6.21.